The maximum atomic E-state index is 13.0. The summed E-state index contributed by atoms with van der Waals surface area (Å²) in [7, 11) is 0. The van der Waals surface area contributed by atoms with Gasteiger partial charge in [-0.15, -0.1) is 0 Å². The lowest BCUT2D eigenvalue weighted by atomic mass is 9.92. The van der Waals surface area contributed by atoms with E-state index in [2.05, 4.69) is 21.2 Å². The van der Waals surface area contributed by atoms with Crippen LogP contribution in [0, 0.1) is 0 Å². The van der Waals surface area contributed by atoms with Gasteiger partial charge in [0.15, 0.2) is 0 Å². The molecule has 0 spiro atoms. The molecule has 1 aromatic rings. The number of amides is 1. The van der Waals surface area contributed by atoms with Gasteiger partial charge in [0.25, 0.3) is 5.91 Å². The van der Waals surface area contributed by atoms with E-state index in [0.29, 0.717) is 9.50 Å². The molecule has 1 saturated carbocycles. The average Bonchev–Trinajstić information content (AvgIpc) is 2.36. The van der Waals surface area contributed by atoms with Crippen LogP contribution in [0.3, 0.4) is 0 Å². The Kier molecular flexibility index (Phi) is 4.92. The quantitative estimate of drug-likeness (QED) is 0.707. The first-order chi connectivity index (χ1) is 9.28. The SMILES string of the molecule is O=C(NC1CCC(F)(F)CC1)c1cc(Cl)c(Br)cc1Cl. The molecule has 0 bridgehead atoms. The van der Waals surface area contributed by atoms with Gasteiger partial charge in [-0.05, 0) is 40.9 Å². The number of carbonyl (C=O) groups is 1. The molecule has 20 heavy (non-hydrogen) atoms. The van der Waals surface area contributed by atoms with E-state index in [1.807, 2.05) is 0 Å². The number of hydrogen-bond acceptors (Lipinski definition) is 1. The number of alkyl halides is 2. The van der Waals surface area contributed by atoms with E-state index in [9.17, 15) is 13.6 Å². The summed E-state index contributed by atoms with van der Waals surface area (Å²) in [6.45, 7) is 0. The third kappa shape index (κ3) is 3.83. The van der Waals surface area contributed by atoms with Crippen LogP contribution in [0.4, 0.5) is 8.78 Å². The molecule has 1 fully saturated rings. The summed E-state index contributed by atoms with van der Waals surface area (Å²) in [6, 6.07) is 2.75. The van der Waals surface area contributed by atoms with Crippen LogP contribution in [-0.2, 0) is 0 Å². The van der Waals surface area contributed by atoms with E-state index < -0.39 is 5.92 Å². The van der Waals surface area contributed by atoms with Gasteiger partial charge in [-0.2, -0.15) is 0 Å². The Morgan fingerprint density at radius 2 is 1.85 bits per heavy atom. The van der Waals surface area contributed by atoms with E-state index in [4.69, 9.17) is 23.2 Å². The van der Waals surface area contributed by atoms with Crippen molar-refractivity contribution in [2.24, 2.45) is 0 Å². The van der Waals surface area contributed by atoms with Crippen molar-refractivity contribution >= 4 is 45.0 Å². The van der Waals surface area contributed by atoms with Crippen molar-refractivity contribution in [1.82, 2.24) is 5.32 Å². The lowest BCUT2D eigenvalue weighted by Crippen LogP contribution is -2.40. The molecule has 2 rings (SSSR count). The normalized spacial score (nSPS) is 18.9. The summed E-state index contributed by atoms with van der Waals surface area (Å²) < 4.78 is 26.7. The standard InChI is InChI=1S/C13H12BrCl2F2NO/c14-9-6-10(15)8(5-11(9)16)12(20)19-7-1-3-13(17,18)4-2-7/h5-7H,1-4H2,(H,19,20). The van der Waals surface area contributed by atoms with Crippen molar-refractivity contribution in [2.75, 3.05) is 0 Å². The minimum Gasteiger partial charge on any atom is -0.349 e. The number of rotatable bonds is 2. The zero-order valence-electron chi connectivity index (χ0n) is 10.4. The first kappa shape index (κ1) is 16.0. The molecule has 0 unspecified atom stereocenters. The van der Waals surface area contributed by atoms with Crippen LogP contribution < -0.4 is 5.32 Å². The Morgan fingerprint density at radius 1 is 1.25 bits per heavy atom. The molecule has 0 heterocycles. The van der Waals surface area contributed by atoms with Gasteiger partial charge in [0, 0.05) is 23.4 Å². The van der Waals surface area contributed by atoms with Crippen LogP contribution in [0.15, 0.2) is 16.6 Å². The first-order valence-corrected chi connectivity index (χ1v) is 7.66. The van der Waals surface area contributed by atoms with Crippen molar-refractivity contribution < 1.29 is 13.6 Å². The number of hydrogen-bond donors (Lipinski definition) is 1. The summed E-state index contributed by atoms with van der Waals surface area (Å²) in [5.41, 5.74) is 0.247. The lowest BCUT2D eigenvalue weighted by Gasteiger charge is -2.28. The minimum atomic E-state index is -2.61. The number of nitrogens with one attached hydrogen (secondary N) is 1. The predicted octanol–water partition coefficient (Wildman–Crippen LogP) is 5.06. The highest BCUT2D eigenvalue weighted by Crippen LogP contribution is 2.33. The Balaban J connectivity index is 2.04. The topological polar surface area (TPSA) is 29.1 Å². The molecule has 2 nitrogen and oxygen atoms in total. The van der Waals surface area contributed by atoms with Crippen molar-refractivity contribution in [1.29, 1.82) is 0 Å². The second-order valence-corrected chi connectivity index (χ2v) is 6.52. The minimum absolute atomic E-state index is 0.202. The zero-order chi connectivity index (χ0) is 14.9. The highest BCUT2D eigenvalue weighted by molar-refractivity contribution is 9.10. The molecule has 1 aromatic carbocycles. The summed E-state index contributed by atoms with van der Waals surface area (Å²) in [4.78, 5) is 12.1. The Labute approximate surface area is 133 Å². The van der Waals surface area contributed by atoms with Gasteiger partial charge >= 0.3 is 0 Å². The fourth-order valence-electron chi connectivity index (χ4n) is 2.14. The van der Waals surface area contributed by atoms with Gasteiger partial charge in [0.2, 0.25) is 5.92 Å². The average molecular weight is 387 g/mol. The van der Waals surface area contributed by atoms with Crippen LogP contribution in [0.25, 0.3) is 0 Å². The van der Waals surface area contributed by atoms with Crippen LogP contribution in [0.1, 0.15) is 36.0 Å². The summed E-state index contributed by atoms with van der Waals surface area (Å²) in [5.74, 6) is -3.00. The molecule has 0 aliphatic heterocycles. The van der Waals surface area contributed by atoms with E-state index in [-0.39, 0.29) is 48.2 Å². The van der Waals surface area contributed by atoms with Crippen LogP contribution >= 0.6 is 39.1 Å². The van der Waals surface area contributed by atoms with E-state index in [1.165, 1.54) is 12.1 Å². The highest BCUT2D eigenvalue weighted by Gasteiger charge is 2.35. The van der Waals surface area contributed by atoms with E-state index in [1.54, 1.807) is 0 Å². The number of benzene rings is 1. The largest absolute Gasteiger partial charge is 0.349 e. The van der Waals surface area contributed by atoms with Crippen LogP contribution in [0.5, 0.6) is 0 Å². The highest BCUT2D eigenvalue weighted by atomic mass is 79.9. The smallest absolute Gasteiger partial charge is 0.253 e. The fourth-order valence-corrected chi connectivity index (χ4v) is 3.03. The Morgan fingerprint density at radius 3 is 2.45 bits per heavy atom. The molecule has 0 saturated heterocycles. The molecule has 0 aromatic heterocycles. The third-order valence-electron chi connectivity index (χ3n) is 3.31. The molecular formula is C13H12BrCl2F2NO. The zero-order valence-corrected chi connectivity index (χ0v) is 13.5. The molecular weight excluding hydrogens is 375 g/mol. The fraction of sp³-hybridized carbons (Fsp3) is 0.462. The molecule has 1 N–H and O–H groups in total. The molecule has 0 radical (unpaired) electrons. The molecule has 110 valence electrons. The van der Waals surface area contributed by atoms with Gasteiger partial charge in [0.05, 0.1) is 15.6 Å². The van der Waals surface area contributed by atoms with Crippen molar-refractivity contribution in [2.45, 2.75) is 37.6 Å². The maximum Gasteiger partial charge on any atom is 0.253 e. The molecule has 1 aliphatic carbocycles. The monoisotopic (exact) mass is 385 g/mol. The Bertz CT molecular complexity index is 529. The molecule has 0 atom stereocenters. The first-order valence-electron chi connectivity index (χ1n) is 6.12. The van der Waals surface area contributed by atoms with Crippen molar-refractivity contribution in [3.63, 3.8) is 0 Å². The Hall–Kier alpha value is -0.390. The van der Waals surface area contributed by atoms with Crippen LogP contribution in [0.2, 0.25) is 10.0 Å². The molecule has 1 aliphatic rings. The van der Waals surface area contributed by atoms with Gasteiger partial charge < -0.3 is 5.32 Å². The lowest BCUT2D eigenvalue weighted by molar-refractivity contribution is -0.0399. The van der Waals surface area contributed by atoms with Gasteiger partial charge in [-0.25, -0.2) is 8.78 Å². The molecule has 1 amide bonds. The third-order valence-corrected chi connectivity index (χ3v) is 4.82. The summed E-state index contributed by atoms with van der Waals surface area (Å²) in [6.07, 6.45) is 0.126. The summed E-state index contributed by atoms with van der Waals surface area (Å²) in [5, 5.41) is 3.36. The second kappa shape index (κ2) is 6.16. The van der Waals surface area contributed by atoms with Crippen LogP contribution in [-0.4, -0.2) is 17.9 Å². The van der Waals surface area contributed by atoms with Gasteiger partial charge in [-0.3, -0.25) is 4.79 Å². The van der Waals surface area contributed by atoms with Gasteiger partial charge in [0.1, 0.15) is 0 Å². The second-order valence-electron chi connectivity index (χ2n) is 4.85. The van der Waals surface area contributed by atoms with Gasteiger partial charge in [-0.1, -0.05) is 23.2 Å². The maximum absolute atomic E-state index is 13.0. The van der Waals surface area contributed by atoms with Crippen molar-refractivity contribution in [3.05, 3.63) is 32.2 Å². The van der Waals surface area contributed by atoms with E-state index >= 15 is 0 Å². The number of carbonyl (C=O) groups excluding carboxylic acids is 1. The predicted molar refractivity (Wildman–Crippen MR) is 78.8 cm³/mol. The molecule has 7 heteroatoms. The number of halogens is 5. The van der Waals surface area contributed by atoms with E-state index in [0.717, 1.165) is 0 Å². The summed E-state index contributed by atoms with van der Waals surface area (Å²) >= 11 is 15.1. The van der Waals surface area contributed by atoms with Crippen molar-refractivity contribution in [3.8, 4) is 0 Å².